The minimum absolute atomic E-state index is 0.285. The standard InChI is InChI=1S/C27H22ClFN8S/c28-22-12-19(11-21-25(17(13-30)14-33-27(21)22)32-8-7-24-31-9-10-38-24)34-26(16-1-3-18(29)4-2-16)23-15-37(36-35-23)20-5-6-20/h1-4,9-12,14-15,20,26,34H,5-8H2,(H,32,33)/i26D. The van der Waals surface area contributed by atoms with Crippen molar-refractivity contribution < 1.29 is 5.76 Å². The number of fused-ring (bicyclic) bond motifs is 1. The maximum atomic E-state index is 13.8. The van der Waals surface area contributed by atoms with Gasteiger partial charge in [0.1, 0.15) is 17.6 Å². The summed E-state index contributed by atoms with van der Waals surface area (Å²) in [6.45, 7) is 0.554. The lowest BCUT2D eigenvalue weighted by atomic mass is 10.0. The first-order valence-corrected chi connectivity index (χ1v) is 13.3. The predicted molar refractivity (Wildman–Crippen MR) is 146 cm³/mol. The fourth-order valence-corrected chi connectivity index (χ4v) is 5.12. The Morgan fingerprint density at radius 3 is 2.84 bits per heavy atom. The van der Waals surface area contributed by atoms with Gasteiger partial charge < -0.3 is 10.6 Å². The van der Waals surface area contributed by atoms with Crippen molar-refractivity contribution >= 4 is 45.2 Å². The molecule has 8 nitrogen and oxygen atoms in total. The summed E-state index contributed by atoms with van der Waals surface area (Å²) in [5.74, 6) is -0.403. The SMILES string of the molecule is [2H]C(Nc1cc(Cl)c2ncc(C#N)c(NCCc3nccs3)c2c1)(c1ccc(F)cc1)c1cn(C2CC2)nn1. The molecular formula is C27H22ClFN8S. The van der Waals surface area contributed by atoms with Gasteiger partial charge in [-0.2, -0.15) is 5.26 Å². The maximum absolute atomic E-state index is 13.8. The number of pyridine rings is 1. The topological polar surface area (TPSA) is 104 Å². The van der Waals surface area contributed by atoms with Crippen molar-refractivity contribution in [2.24, 2.45) is 0 Å². The summed E-state index contributed by atoms with van der Waals surface area (Å²) in [7, 11) is 0. The Bertz CT molecular complexity index is 1680. The van der Waals surface area contributed by atoms with Crippen LogP contribution in [-0.4, -0.2) is 31.5 Å². The van der Waals surface area contributed by atoms with Gasteiger partial charge in [-0.1, -0.05) is 28.9 Å². The average Bonchev–Trinajstić information content (AvgIpc) is 3.41. The largest absolute Gasteiger partial charge is 0.383 e. The average molecular weight is 546 g/mol. The number of hydrogen-bond donors (Lipinski definition) is 2. The molecular weight excluding hydrogens is 523 g/mol. The summed E-state index contributed by atoms with van der Waals surface area (Å²) in [6, 6.07) is 10.1. The Labute approximate surface area is 228 Å². The third-order valence-corrected chi connectivity index (χ3v) is 7.39. The summed E-state index contributed by atoms with van der Waals surface area (Å²) < 4.78 is 25.1. The minimum Gasteiger partial charge on any atom is -0.383 e. The Balaban J connectivity index is 1.40. The number of benzene rings is 2. The molecule has 1 saturated carbocycles. The van der Waals surface area contributed by atoms with Crippen LogP contribution < -0.4 is 10.6 Å². The van der Waals surface area contributed by atoms with Crippen LogP contribution in [0.1, 0.15) is 48.1 Å². The van der Waals surface area contributed by atoms with E-state index in [1.807, 2.05) is 5.38 Å². The zero-order valence-corrected chi connectivity index (χ0v) is 21.6. The molecule has 0 spiro atoms. The van der Waals surface area contributed by atoms with Gasteiger partial charge in [-0.3, -0.25) is 4.98 Å². The molecule has 5 aromatic rings. The van der Waals surface area contributed by atoms with Crippen molar-refractivity contribution in [3.05, 3.63) is 93.0 Å². The molecule has 3 heterocycles. The molecule has 0 amide bonds. The lowest BCUT2D eigenvalue weighted by molar-refractivity contribution is 0.610. The van der Waals surface area contributed by atoms with Gasteiger partial charge >= 0.3 is 0 Å². The van der Waals surface area contributed by atoms with Crippen LogP contribution in [-0.2, 0) is 6.42 Å². The lowest BCUT2D eigenvalue weighted by Crippen LogP contribution is -2.13. The Hall–Kier alpha value is -4.07. The Kier molecular flexibility index (Phi) is 6.29. The normalized spacial score (nSPS) is 15.0. The third kappa shape index (κ3) is 5.03. The van der Waals surface area contributed by atoms with Gasteiger partial charge in [0.15, 0.2) is 0 Å². The first kappa shape index (κ1) is 23.1. The molecule has 2 aromatic carbocycles. The summed E-state index contributed by atoms with van der Waals surface area (Å²) in [6.07, 6.45) is 7.74. The molecule has 190 valence electrons. The molecule has 6 rings (SSSR count). The molecule has 2 N–H and O–H groups in total. The van der Waals surface area contributed by atoms with Crippen molar-refractivity contribution in [1.29, 1.82) is 5.26 Å². The first-order chi connectivity index (χ1) is 18.9. The summed E-state index contributed by atoms with van der Waals surface area (Å²) in [4.78, 5) is 8.73. The minimum atomic E-state index is -1.60. The highest BCUT2D eigenvalue weighted by Gasteiger charge is 2.27. The molecule has 1 atom stereocenters. The number of rotatable bonds is 9. The number of halogens is 2. The Morgan fingerprint density at radius 2 is 2.11 bits per heavy atom. The van der Waals surface area contributed by atoms with Gasteiger partial charge in [0.05, 0.1) is 46.4 Å². The summed E-state index contributed by atoms with van der Waals surface area (Å²) >= 11 is 8.25. The molecule has 0 bridgehead atoms. The molecule has 0 radical (unpaired) electrons. The second-order valence-corrected chi connectivity index (χ2v) is 10.3. The van der Waals surface area contributed by atoms with Crippen LogP contribution in [0.3, 0.4) is 0 Å². The highest BCUT2D eigenvalue weighted by molar-refractivity contribution is 7.09. The van der Waals surface area contributed by atoms with E-state index in [0.717, 1.165) is 17.8 Å². The van der Waals surface area contributed by atoms with E-state index in [1.165, 1.54) is 18.3 Å². The van der Waals surface area contributed by atoms with E-state index in [0.29, 0.717) is 57.1 Å². The van der Waals surface area contributed by atoms with E-state index in [1.54, 1.807) is 52.7 Å². The van der Waals surface area contributed by atoms with Gasteiger partial charge in [-0.05, 0) is 42.7 Å². The lowest BCUT2D eigenvalue weighted by Gasteiger charge is -2.20. The van der Waals surface area contributed by atoms with Crippen LogP contribution >= 0.6 is 22.9 Å². The molecule has 1 unspecified atom stereocenters. The zero-order chi connectivity index (χ0) is 27.0. The monoisotopic (exact) mass is 545 g/mol. The molecule has 11 heteroatoms. The summed E-state index contributed by atoms with van der Waals surface area (Å²) in [5, 5.41) is 28.8. The Morgan fingerprint density at radius 1 is 1.26 bits per heavy atom. The highest BCUT2D eigenvalue weighted by Crippen LogP contribution is 2.37. The number of nitriles is 1. The second kappa shape index (κ2) is 10.4. The highest BCUT2D eigenvalue weighted by atomic mass is 35.5. The summed E-state index contributed by atoms with van der Waals surface area (Å²) in [5.41, 5.74) is 2.85. The van der Waals surface area contributed by atoms with Crippen molar-refractivity contribution in [1.82, 2.24) is 25.0 Å². The van der Waals surface area contributed by atoms with Gasteiger partial charge in [0, 0.05) is 41.8 Å². The van der Waals surface area contributed by atoms with Crippen LogP contribution in [0, 0.1) is 17.1 Å². The molecule has 1 aliphatic rings. The molecule has 0 saturated heterocycles. The third-order valence-electron chi connectivity index (χ3n) is 6.26. The smallest absolute Gasteiger partial charge is 0.123 e. The van der Waals surface area contributed by atoms with E-state index in [4.69, 9.17) is 11.6 Å². The van der Waals surface area contributed by atoms with Crippen molar-refractivity contribution in [2.75, 3.05) is 17.2 Å². The molecule has 1 fully saturated rings. The van der Waals surface area contributed by atoms with Crippen LogP contribution in [0.5, 0.6) is 0 Å². The van der Waals surface area contributed by atoms with Gasteiger partial charge in [0.25, 0.3) is 0 Å². The van der Waals surface area contributed by atoms with Crippen molar-refractivity contribution in [2.45, 2.75) is 31.3 Å². The predicted octanol–water partition coefficient (Wildman–Crippen LogP) is 6.14. The van der Waals surface area contributed by atoms with Crippen LogP contribution in [0.2, 0.25) is 5.02 Å². The van der Waals surface area contributed by atoms with Crippen LogP contribution in [0.25, 0.3) is 10.9 Å². The number of nitrogens with one attached hydrogen (secondary N) is 2. The molecule has 3 aromatic heterocycles. The molecule has 38 heavy (non-hydrogen) atoms. The first-order valence-electron chi connectivity index (χ1n) is 12.6. The van der Waals surface area contributed by atoms with Gasteiger partial charge in [-0.15, -0.1) is 16.4 Å². The van der Waals surface area contributed by atoms with E-state index in [9.17, 15) is 11.0 Å². The van der Waals surface area contributed by atoms with E-state index in [-0.39, 0.29) is 6.04 Å². The van der Waals surface area contributed by atoms with E-state index >= 15 is 0 Å². The van der Waals surface area contributed by atoms with E-state index in [2.05, 4.69) is 37.0 Å². The molecule has 1 aliphatic carbocycles. The fraction of sp³-hybridized carbons (Fsp3) is 0.222. The van der Waals surface area contributed by atoms with E-state index < -0.39 is 11.8 Å². The quantitative estimate of drug-likeness (QED) is 0.229. The number of hydrogen-bond acceptors (Lipinski definition) is 8. The fourth-order valence-electron chi connectivity index (χ4n) is 4.23. The number of aromatic nitrogens is 5. The second-order valence-electron chi connectivity index (χ2n) is 8.94. The number of thiazole rings is 1. The van der Waals surface area contributed by atoms with Gasteiger partial charge in [-0.25, -0.2) is 14.1 Å². The van der Waals surface area contributed by atoms with Crippen molar-refractivity contribution in [3.8, 4) is 6.07 Å². The van der Waals surface area contributed by atoms with Crippen molar-refractivity contribution in [3.63, 3.8) is 0 Å². The number of anilines is 2. The van der Waals surface area contributed by atoms with Gasteiger partial charge in [0.2, 0.25) is 0 Å². The number of nitrogens with zero attached hydrogens (tertiary/aromatic N) is 6. The zero-order valence-electron chi connectivity index (χ0n) is 21.0. The van der Waals surface area contributed by atoms with Crippen LogP contribution in [0.15, 0.2) is 60.4 Å². The molecule has 0 aliphatic heterocycles. The van der Waals surface area contributed by atoms with Crippen LogP contribution in [0.4, 0.5) is 15.8 Å². The maximum Gasteiger partial charge on any atom is 0.123 e.